The third kappa shape index (κ3) is 3.91. The number of aromatic nitrogens is 2. The van der Waals surface area contributed by atoms with Crippen LogP contribution >= 0.6 is 11.3 Å². The van der Waals surface area contributed by atoms with E-state index in [1.807, 2.05) is 35.7 Å². The number of nitrogens with one attached hydrogen (secondary N) is 1. The summed E-state index contributed by atoms with van der Waals surface area (Å²) in [4.78, 5) is 17.4. The van der Waals surface area contributed by atoms with Crippen molar-refractivity contribution in [3.05, 3.63) is 87.3 Å². The first kappa shape index (κ1) is 18.1. The Hall–Kier alpha value is -2.73. The van der Waals surface area contributed by atoms with Crippen molar-refractivity contribution < 1.29 is 9.52 Å². The summed E-state index contributed by atoms with van der Waals surface area (Å²) in [6.45, 7) is 6.31. The molecule has 0 fully saturated rings. The maximum Gasteiger partial charge on any atom is 0.318 e. The van der Waals surface area contributed by atoms with Crippen LogP contribution in [0.3, 0.4) is 0 Å². The Morgan fingerprint density at radius 3 is 2.46 bits per heavy atom. The number of carbonyl (C=O) groups is 1. The number of nitrogens with zero attached hydrogens (tertiary/aromatic N) is 2. The van der Waals surface area contributed by atoms with Crippen LogP contribution in [0.1, 0.15) is 53.6 Å². The lowest BCUT2D eigenvalue weighted by atomic mass is 9.93. The van der Waals surface area contributed by atoms with Crippen LogP contribution in [0.25, 0.3) is 0 Å². The molecule has 2 heterocycles. The zero-order chi connectivity index (χ0) is 18.7. The highest BCUT2D eigenvalue weighted by Gasteiger charge is 2.26. The Morgan fingerprint density at radius 2 is 1.85 bits per heavy atom. The van der Waals surface area contributed by atoms with E-state index in [0.717, 1.165) is 16.3 Å². The average Bonchev–Trinajstić information content (AvgIpc) is 3.11. The van der Waals surface area contributed by atoms with E-state index in [9.17, 15) is 10.0 Å². The van der Waals surface area contributed by atoms with Crippen molar-refractivity contribution in [1.29, 1.82) is 0 Å². The number of amides is 1. The summed E-state index contributed by atoms with van der Waals surface area (Å²) in [5, 5.41) is 17.7. The fraction of sp³-hybridized carbons (Fsp3) is 0.250. The highest BCUT2D eigenvalue weighted by atomic mass is 32.1. The van der Waals surface area contributed by atoms with Crippen LogP contribution in [0.15, 0.2) is 60.1 Å². The van der Waals surface area contributed by atoms with E-state index in [1.54, 1.807) is 12.1 Å². The van der Waals surface area contributed by atoms with Gasteiger partial charge < -0.3 is 10.5 Å². The molecule has 2 aromatic heterocycles. The summed E-state index contributed by atoms with van der Waals surface area (Å²) in [5.74, 6) is -0.429. The van der Waals surface area contributed by atoms with Gasteiger partial charge >= 0.3 is 5.91 Å². The van der Waals surface area contributed by atoms with E-state index >= 15 is 0 Å². The smallest absolute Gasteiger partial charge is 0.318 e. The zero-order valence-corrected chi connectivity index (χ0v) is 15.8. The molecule has 26 heavy (non-hydrogen) atoms. The molecule has 0 bridgehead atoms. The SMILES string of the molecule is CC(C)(C)c1csc(C(NC(=O)c2cccc[n+]2[O-])c2ccccc2)n1. The number of hydrogen-bond donors (Lipinski definition) is 1. The van der Waals surface area contributed by atoms with Crippen LogP contribution in [0.2, 0.25) is 0 Å². The molecule has 0 aliphatic heterocycles. The minimum absolute atomic E-state index is 0.0565. The van der Waals surface area contributed by atoms with Crippen molar-refractivity contribution in [2.45, 2.75) is 32.2 Å². The second kappa shape index (κ2) is 7.25. The van der Waals surface area contributed by atoms with Gasteiger partial charge in [0.2, 0.25) is 0 Å². The predicted octanol–water partition coefficient (Wildman–Crippen LogP) is 3.59. The molecule has 0 saturated carbocycles. The fourth-order valence-electron chi connectivity index (χ4n) is 2.51. The van der Waals surface area contributed by atoms with Gasteiger partial charge in [-0.2, -0.15) is 4.73 Å². The van der Waals surface area contributed by atoms with Crippen LogP contribution in [0.4, 0.5) is 0 Å². The molecule has 0 spiro atoms. The molecule has 1 aromatic carbocycles. The monoisotopic (exact) mass is 367 g/mol. The fourth-order valence-corrected chi connectivity index (χ4v) is 3.63. The van der Waals surface area contributed by atoms with Crippen molar-refractivity contribution in [2.24, 2.45) is 0 Å². The molecular formula is C20H21N3O2S. The van der Waals surface area contributed by atoms with Gasteiger partial charge in [-0.05, 0) is 11.6 Å². The van der Waals surface area contributed by atoms with Crippen LogP contribution in [0, 0.1) is 5.21 Å². The van der Waals surface area contributed by atoms with Crippen LogP contribution in [0.5, 0.6) is 0 Å². The number of carbonyl (C=O) groups excluding carboxylic acids is 1. The van der Waals surface area contributed by atoms with Crippen molar-refractivity contribution in [3.8, 4) is 0 Å². The van der Waals surface area contributed by atoms with Gasteiger partial charge in [0.05, 0.1) is 5.69 Å². The molecule has 1 atom stereocenters. The maximum atomic E-state index is 12.7. The Balaban J connectivity index is 1.96. The predicted molar refractivity (Wildman–Crippen MR) is 102 cm³/mol. The molecule has 1 N–H and O–H groups in total. The van der Waals surface area contributed by atoms with E-state index < -0.39 is 11.9 Å². The largest absolute Gasteiger partial charge is 0.618 e. The third-order valence-corrected chi connectivity index (χ3v) is 4.91. The number of thiazole rings is 1. The first-order chi connectivity index (χ1) is 12.4. The van der Waals surface area contributed by atoms with Gasteiger partial charge in [-0.15, -0.1) is 11.3 Å². The van der Waals surface area contributed by atoms with Gasteiger partial charge in [-0.3, -0.25) is 4.79 Å². The molecular weight excluding hydrogens is 346 g/mol. The summed E-state index contributed by atoms with van der Waals surface area (Å²) in [6, 6.07) is 14.0. The molecule has 1 unspecified atom stereocenters. The van der Waals surface area contributed by atoms with Crippen LogP contribution in [-0.4, -0.2) is 10.9 Å². The first-order valence-electron chi connectivity index (χ1n) is 8.36. The standard InChI is InChI=1S/C20H21N3O2S/c1-20(2,3)16-13-26-19(21-16)17(14-9-5-4-6-10-14)22-18(24)15-11-7-8-12-23(15)25/h4-13,17H,1-3H3,(H,22,24). The van der Waals surface area contributed by atoms with Crippen molar-refractivity contribution in [2.75, 3.05) is 0 Å². The number of hydrogen-bond acceptors (Lipinski definition) is 4. The number of rotatable bonds is 4. The Labute approximate surface area is 156 Å². The van der Waals surface area contributed by atoms with E-state index in [2.05, 4.69) is 26.1 Å². The number of pyridine rings is 1. The van der Waals surface area contributed by atoms with Gasteiger partial charge in [0.1, 0.15) is 11.0 Å². The van der Waals surface area contributed by atoms with Crippen LogP contribution in [-0.2, 0) is 5.41 Å². The molecule has 0 aliphatic rings. The normalized spacial score (nSPS) is 12.6. The molecule has 0 radical (unpaired) electrons. The second-order valence-electron chi connectivity index (χ2n) is 7.05. The van der Waals surface area contributed by atoms with Gasteiger partial charge in [-0.1, -0.05) is 51.1 Å². The van der Waals surface area contributed by atoms with Crippen molar-refractivity contribution in [1.82, 2.24) is 10.3 Å². The quantitative estimate of drug-likeness (QED) is 0.566. The van der Waals surface area contributed by atoms with Gasteiger partial charge in [0, 0.05) is 22.9 Å². The third-order valence-electron chi connectivity index (χ3n) is 4.00. The zero-order valence-electron chi connectivity index (χ0n) is 15.0. The van der Waals surface area contributed by atoms with Crippen LogP contribution < -0.4 is 10.0 Å². The lowest BCUT2D eigenvalue weighted by molar-refractivity contribution is -0.607. The van der Waals surface area contributed by atoms with Crippen molar-refractivity contribution in [3.63, 3.8) is 0 Å². The Morgan fingerprint density at radius 1 is 1.15 bits per heavy atom. The highest BCUT2D eigenvalue weighted by Crippen LogP contribution is 2.30. The average molecular weight is 367 g/mol. The maximum absolute atomic E-state index is 12.7. The minimum Gasteiger partial charge on any atom is -0.618 e. The molecule has 5 nitrogen and oxygen atoms in total. The molecule has 0 aliphatic carbocycles. The molecule has 0 saturated heterocycles. The van der Waals surface area contributed by atoms with E-state index in [0.29, 0.717) is 4.73 Å². The lowest BCUT2D eigenvalue weighted by Gasteiger charge is -2.18. The summed E-state index contributed by atoms with van der Waals surface area (Å²) in [6.07, 6.45) is 1.31. The topological polar surface area (TPSA) is 68.9 Å². The molecule has 134 valence electrons. The molecule has 3 aromatic rings. The molecule has 1 amide bonds. The van der Waals surface area contributed by atoms with Gasteiger partial charge in [-0.25, -0.2) is 4.98 Å². The Bertz CT molecular complexity index is 901. The van der Waals surface area contributed by atoms with Crippen molar-refractivity contribution >= 4 is 17.2 Å². The van der Waals surface area contributed by atoms with E-state index in [4.69, 9.17) is 4.98 Å². The van der Waals surface area contributed by atoms with Gasteiger partial charge in [0.15, 0.2) is 6.20 Å². The van der Waals surface area contributed by atoms with E-state index in [-0.39, 0.29) is 11.1 Å². The molecule has 3 rings (SSSR count). The first-order valence-corrected chi connectivity index (χ1v) is 9.24. The summed E-state index contributed by atoms with van der Waals surface area (Å²) >= 11 is 1.51. The number of benzene rings is 1. The summed E-state index contributed by atoms with van der Waals surface area (Å²) in [7, 11) is 0. The summed E-state index contributed by atoms with van der Waals surface area (Å²) < 4.78 is 0.569. The van der Waals surface area contributed by atoms with Gasteiger partial charge in [0.25, 0.3) is 5.69 Å². The lowest BCUT2D eigenvalue weighted by Crippen LogP contribution is -2.40. The Kier molecular flexibility index (Phi) is 5.04. The second-order valence-corrected chi connectivity index (χ2v) is 7.94. The minimum atomic E-state index is -0.429. The molecule has 6 heteroatoms. The van der Waals surface area contributed by atoms with E-state index in [1.165, 1.54) is 23.6 Å². The highest BCUT2D eigenvalue weighted by molar-refractivity contribution is 7.09. The summed E-state index contributed by atoms with van der Waals surface area (Å²) in [5.41, 5.74) is 1.88.